The van der Waals surface area contributed by atoms with E-state index >= 15 is 4.79 Å². The molecule has 0 saturated carbocycles. The van der Waals surface area contributed by atoms with E-state index in [1.165, 1.54) is 32.6 Å². The fourth-order valence-electron chi connectivity index (χ4n) is 7.96. The minimum atomic E-state index is -1.31. The molecule has 328 valence electrons. The van der Waals surface area contributed by atoms with E-state index in [9.17, 15) is 24.0 Å². The average molecular weight is 902 g/mol. The maximum atomic E-state index is 15.1. The van der Waals surface area contributed by atoms with Gasteiger partial charge in [0.15, 0.2) is 28.0 Å². The molecule has 0 spiro atoms. The van der Waals surface area contributed by atoms with Gasteiger partial charge in [0, 0.05) is 45.8 Å². The van der Waals surface area contributed by atoms with Crippen LogP contribution in [-0.2, 0) is 39.3 Å². The topological polar surface area (TPSA) is 185 Å². The highest BCUT2D eigenvalue weighted by Gasteiger charge is 2.44. The van der Waals surface area contributed by atoms with Crippen LogP contribution in [0.5, 0.6) is 0 Å². The highest BCUT2D eigenvalue weighted by Crippen LogP contribution is 2.42. The summed E-state index contributed by atoms with van der Waals surface area (Å²) in [6.45, 7) is 18.1. The molecule has 5 aromatic heterocycles. The van der Waals surface area contributed by atoms with Gasteiger partial charge in [0.05, 0.1) is 0 Å². The van der Waals surface area contributed by atoms with Crippen molar-refractivity contribution in [1.29, 1.82) is 0 Å². The van der Waals surface area contributed by atoms with Crippen LogP contribution in [-0.4, -0.2) is 59.1 Å². The molecule has 2 unspecified atom stereocenters. The Morgan fingerprint density at radius 1 is 0.656 bits per heavy atom. The van der Waals surface area contributed by atoms with Crippen LogP contribution in [0.2, 0.25) is 10.6 Å². The van der Waals surface area contributed by atoms with Crippen molar-refractivity contribution in [3.05, 3.63) is 111 Å². The van der Waals surface area contributed by atoms with Crippen molar-refractivity contribution in [2.45, 2.75) is 123 Å². The third kappa shape index (κ3) is 8.00. The first kappa shape index (κ1) is 45.2. The summed E-state index contributed by atoms with van der Waals surface area (Å²) in [5.41, 5.74) is -4.95. The van der Waals surface area contributed by atoms with Crippen LogP contribution < -0.4 is 43.5 Å². The summed E-state index contributed by atoms with van der Waals surface area (Å²) in [6.07, 6.45) is 7.14. The Balaban J connectivity index is 1.63. The molecule has 2 atom stereocenters. The molecule has 1 N–H and O–H groups in total. The van der Waals surface area contributed by atoms with E-state index < -0.39 is 45.5 Å². The SMILES string of the molecule is C=CCN1c2c(n(CCCC)c(=O)[nH]c2=O)N(C(CCCn2c(=O)c3c(nc(Cl)n3CC=C)n(CCCC)c2=O)n2c(=O)c3c(nc(Cl)n3CC=C)n(CCCC)c2=O)C1Cl. The number of H-pyrrole nitrogens is 1. The van der Waals surface area contributed by atoms with Crippen LogP contribution in [0.15, 0.2) is 66.7 Å². The van der Waals surface area contributed by atoms with Gasteiger partial charge in [-0.3, -0.25) is 37.6 Å². The number of aromatic amines is 1. The fraction of sp³-hybridized carbons (Fsp3) is 0.500. The maximum absolute atomic E-state index is 15.1. The second-order valence-corrected chi connectivity index (χ2v) is 15.9. The lowest BCUT2D eigenvalue weighted by atomic mass is 10.2. The quantitative estimate of drug-likeness (QED) is 0.0456. The number of allylic oxidation sites excluding steroid dienone is 2. The van der Waals surface area contributed by atoms with Crippen LogP contribution in [0, 0.1) is 0 Å². The van der Waals surface area contributed by atoms with Gasteiger partial charge in [0.1, 0.15) is 17.7 Å². The number of nitrogens with zero attached hydrogens (tertiary/aromatic N) is 11. The summed E-state index contributed by atoms with van der Waals surface area (Å²) in [7, 11) is 0. The van der Waals surface area contributed by atoms with Crippen molar-refractivity contribution in [2.75, 3.05) is 16.3 Å². The number of fused-ring (bicyclic) bond motifs is 3. The molecule has 61 heavy (non-hydrogen) atoms. The average Bonchev–Trinajstić information content (AvgIpc) is 3.83. The minimum absolute atomic E-state index is 0.0211. The molecule has 1 aliphatic rings. The number of rotatable bonds is 21. The van der Waals surface area contributed by atoms with E-state index in [4.69, 9.17) is 34.8 Å². The Bertz CT molecular complexity index is 2860. The molecular formula is C40H51Cl3N12O6. The molecule has 0 amide bonds. The van der Waals surface area contributed by atoms with Crippen molar-refractivity contribution < 1.29 is 0 Å². The van der Waals surface area contributed by atoms with Crippen LogP contribution in [0.4, 0.5) is 11.5 Å². The second-order valence-electron chi connectivity index (χ2n) is 14.8. The third-order valence-electron chi connectivity index (χ3n) is 10.9. The van der Waals surface area contributed by atoms with Crippen molar-refractivity contribution in [3.63, 3.8) is 0 Å². The van der Waals surface area contributed by atoms with Crippen molar-refractivity contribution in [3.8, 4) is 0 Å². The molecule has 0 aliphatic carbocycles. The summed E-state index contributed by atoms with van der Waals surface area (Å²) in [5, 5.41) is -0.0110. The molecule has 6 rings (SSSR count). The second kappa shape index (κ2) is 19.2. The Labute approximate surface area is 364 Å². The number of halogens is 3. The number of nitrogens with one attached hydrogen (secondary N) is 1. The van der Waals surface area contributed by atoms with Gasteiger partial charge in [-0.05, 0) is 55.3 Å². The zero-order valence-corrected chi connectivity index (χ0v) is 36.9. The van der Waals surface area contributed by atoms with Crippen LogP contribution in [0.3, 0.4) is 0 Å². The number of anilines is 2. The standard InChI is InChI=1S/C40H51Cl3N12O6/c1-7-13-21-50-29-26(47(18-10-4)35(41)44-29)33(57)53(39(50)60)24-16-17-25(54-32-28(49(20-12-6)37(54)43)31(56)46-38(59)52(32)23-15-9-3)55-34(58)27-30(45-36(42)48(27)19-11-5)51(40(55)61)22-14-8-2/h10-12,25,37H,4-9,13-24H2,1-3H3,(H,46,56,59). The van der Waals surface area contributed by atoms with Gasteiger partial charge in [-0.2, -0.15) is 9.97 Å². The summed E-state index contributed by atoms with van der Waals surface area (Å²) < 4.78 is 9.28. The summed E-state index contributed by atoms with van der Waals surface area (Å²) in [4.78, 5) is 100. The summed E-state index contributed by atoms with van der Waals surface area (Å²) >= 11 is 20.5. The molecule has 18 nitrogen and oxygen atoms in total. The Morgan fingerprint density at radius 3 is 1.67 bits per heavy atom. The highest BCUT2D eigenvalue weighted by molar-refractivity contribution is 6.29. The largest absolute Gasteiger partial charge is 0.334 e. The molecule has 0 radical (unpaired) electrons. The smallest absolute Gasteiger partial charge is 0.327 e. The minimum Gasteiger partial charge on any atom is -0.327 e. The molecule has 21 heteroatoms. The van der Waals surface area contributed by atoms with E-state index in [2.05, 4.69) is 34.7 Å². The van der Waals surface area contributed by atoms with Crippen molar-refractivity contribution in [1.82, 2.24) is 46.9 Å². The van der Waals surface area contributed by atoms with Gasteiger partial charge in [-0.15, -0.1) is 19.7 Å². The molecule has 0 fully saturated rings. The number of hydrogen-bond donors (Lipinski definition) is 1. The summed E-state index contributed by atoms with van der Waals surface area (Å²) in [6, 6.07) is 0. The number of unbranched alkanes of at least 4 members (excludes halogenated alkanes) is 3. The van der Waals surface area contributed by atoms with Gasteiger partial charge in [-0.25, -0.2) is 19.0 Å². The van der Waals surface area contributed by atoms with Crippen LogP contribution >= 0.6 is 34.8 Å². The predicted molar refractivity (Wildman–Crippen MR) is 241 cm³/mol. The molecule has 6 heterocycles. The van der Waals surface area contributed by atoms with E-state index in [-0.39, 0.29) is 103 Å². The number of alkyl halides is 1. The molecule has 0 saturated heterocycles. The van der Waals surface area contributed by atoms with Crippen LogP contribution in [0.1, 0.15) is 78.3 Å². The first-order valence-electron chi connectivity index (χ1n) is 20.5. The first-order valence-corrected chi connectivity index (χ1v) is 21.7. The fourth-order valence-corrected chi connectivity index (χ4v) is 8.83. The lowest BCUT2D eigenvalue weighted by molar-refractivity contribution is 0.368. The van der Waals surface area contributed by atoms with E-state index in [1.807, 2.05) is 20.8 Å². The molecule has 5 aromatic rings. The molecule has 1 aliphatic heterocycles. The van der Waals surface area contributed by atoms with Gasteiger partial charge in [0.25, 0.3) is 16.7 Å². The maximum Gasteiger partial charge on any atom is 0.334 e. The van der Waals surface area contributed by atoms with E-state index in [1.54, 1.807) is 18.2 Å². The zero-order chi connectivity index (χ0) is 44.3. The zero-order valence-electron chi connectivity index (χ0n) is 34.6. The number of imidazole rings is 2. The monoisotopic (exact) mass is 900 g/mol. The Kier molecular flexibility index (Phi) is 14.2. The molecule has 0 bridgehead atoms. The van der Waals surface area contributed by atoms with Crippen molar-refractivity contribution >= 4 is 68.6 Å². The number of aromatic nitrogens is 10. The van der Waals surface area contributed by atoms with E-state index in [0.29, 0.717) is 32.1 Å². The lowest BCUT2D eigenvalue weighted by Gasteiger charge is -2.35. The van der Waals surface area contributed by atoms with E-state index in [0.717, 1.165) is 15.6 Å². The molecular weight excluding hydrogens is 851 g/mol. The first-order chi connectivity index (χ1) is 29.3. The molecule has 0 aromatic carbocycles. The van der Waals surface area contributed by atoms with Crippen molar-refractivity contribution in [2.24, 2.45) is 0 Å². The summed E-state index contributed by atoms with van der Waals surface area (Å²) in [5.74, 6) is 0.0988. The number of hydrogen-bond acceptors (Lipinski definition) is 10. The van der Waals surface area contributed by atoms with Crippen LogP contribution in [0.25, 0.3) is 22.3 Å². The lowest BCUT2D eigenvalue weighted by Crippen LogP contribution is -2.52. The Hall–Kier alpha value is -5.33. The van der Waals surface area contributed by atoms with Gasteiger partial charge in [0.2, 0.25) is 10.6 Å². The predicted octanol–water partition coefficient (Wildman–Crippen LogP) is 4.98. The van der Waals surface area contributed by atoms with Gasteiger partial charge < -0.3 is 18.9 Å². The Morgan fingerprint density at radius 2 is 1.15 bits per heavy atom. The third-order valence-corrected chi connectivity index (χ3v) is 11.9. The van der Waals surface area contributed by atoms with Gasteiger partial charge >= 0.3 is 17.1 Å². The van der Waals surface area contributed by atoms with Gasteiger partial charge in [-0.1, -0.05) is 69.9 Å². The normalized spacial score (nSPS) is 14.4. The highest BCUT2D eigenvalue weighted by atomic mass is 35.5. The number of aryl methyl sites for hydroxylation is 2.